The van der Waals surface area contributed by atoms with E-state index in [2.05, 4.69) is 78.8 Å². The Labute approximate surface area is 131 Å². The van der Waals surface area contributed by atoms with Crippen molar-refractivity contribution in [3.8, 4) is 0 Å². The number of benzene rings is 1. The van der Waals surface area contributed by atoms with Gasteiger partial charge in [-0.15, -0.1) is 0 Å². The summed E-state index contributed by atoms with van der Waals surface area (Å²) >= 11 is 0. The molecule has 1 aromatic carbocycles. The molecule has 0 saturated heterocycles. The minimum atomic E-state index is 0. The molecule has 0 heterocycles. The van der Waals surface area contributed by atoms with Gasteiger partial charge >= 0.3 is 0 Å². The van der Waals surface area contributed by atoms with Gasteiger partial charge in [0.25, 0.3) is 0 Å². The van der Waals surface area contributed by atoms with E-state index in [0.717, 1.165) is 0 Å². The van der Waals surface area contributed by atoms with Crippen molar-refractivity contribution in [1.29, 1.82) is 0 Å². The maximum Gasteiger partial charge on any atom is -0.0132 e. The summed E-state index contributed by atoms with van der Waals surface area (Å²) in [6.45, 7) is 19.6. The molecule has 1 rings (SSSR count). The van der Waals surface area contributed by atoms with Gasteiger partial charge in [0.05, 0.1) is 0 Å². The zero-order chi connectivity index (χ0) is 14.8. The minimum absolute atomic E-state index is 0. The van der Waals surface area contributed by atoms with Gasteiger partial charge < -0.3 is 0 Å². The van der Waals surface area contributed by atoms with Crippen molar-refractivity contribution in [3.05, 3.63) is 35.9 Å². The Morgan fingerprint density at radius 2 is 1.05 bits per heavy atom. The molecule has 0 saturated carbocycles. The summed E-state index contributed by atoms with van der Waals surface area (Å²) in [6, 6.07) is 10.6. The summed E-state index contributed by atoms with van der Waals surface area (Å²) in [7, 11) is 0. The van der Waals surface area contributed by atoms with E-state index in [0.29, 0.717) is 10.8 Å². The zero-order valence-electron chi connectivity index (χ0n) is 14.1. The van der Waals surface area contributed by atoms with Crippen LogP contribution >= 0.6 is 0 Å². The highest BCUT2D eigenvalue weighted by atomic mass is 14.2. The van der Waals surface area contributed by atoms with E-state index in [1.165, 1.54) is 12.0 Å². The van der Waals surface area contributed by atoms with E-state index in [1.807, 2.05) is 13.8 Å². The molecule has 0 fully saturated rings. The summed E-state index contributed by atoms with van der Waals surface area (Å²) in [5.74, 6) is 0. The predicted molar refractivity (Wildman–Crippen MR) is 99.7 cm³/mol. The van der Waals surface area contributed by atoms with Crippen LogP contribution in [0.15, 0.2) is 30.3 Å². The van der Waals surface area contributed by atoms with Crippen LogP contribution in [0.5, 0.6) is 0 Å². The fourth-order valence-corrected chi connectivity index (χ4v) is 0.938. The third-order valence-corrected chi connectivity index (χ3v) is 2.70. The van der Waals surface area contributed by atoms with E-state index in [9.17, 15) is 0 Å². The van der Waals surface area contributed by atoms with Crippen LogP contribution in [-0.4, -0.2) is 0 Å². The summed E-state index contributed by atoms with van der Waals surface area (Å²) < 4.78 is 0. The molecule has 0 unspecified atom stereocenters. The van der Waals surface area contributed by atoms with Crippen LogP contribution in [0.1, 0.15) is 89.2 Å². The largest absolute Gasteiger partial charge is 0.0776 e. The van der Waals surface area contributed by atoms with Gasteiger partial charge in [-0.25, -0.2) is 0 Å². The molecule has 0 atom stereocenters. The van der Waals surface area contributed by atoms with Crippen molar-refractivity contribution in [2.24, 2.45) is 5.41 Å². The third kappa shape index (κ3) is 17.2. The highest BCUT2D eigenvalue weighted by Crippen LogP contribution is 2.20. The maximum atomic E-state index is 2.24. The second kappa shape index (κ2) is 13.2. The Morgan fingerprint density at radius 1 is 0.750 bits per heavy atom. The third-order valence-electron chi connectivity index (χ3n) is 2.70. The van der Waals surface area contributed by atoms with Gasteiger partial charge in [0.1, 0.15) is 0 Å². The van der Waals surface area contributed by atoms with Gasteiger partial charge in [0.15, 0.2) is 0 Å². The molecular weight excluding hydrogens is 240 g/mol. The van der Waals surface area contributed by atoms with E-state index in [4.69, 9.17) is 0 Å². The standard InChI is InChI=1S/C10H14.C6H14.C2H6.2CH4/c1-10(2,3)9-7-5-4-6-8-9;1-5-6(2,3)4;1-2;;/h4-8H,1-3H3;5H2,1-4H3;1-2H3;2*1H4. The van der Waals surface area contributed by atoms with E-state index < -0.39 is 0 Å². The van der Waals surface area contributed by atoms with Crippen LogP contribution < -0.4 is 0 Å². The molecule has 0 aliphatic carbocycles. The van der Waals surface area contributed by atoms with E-state index >= 15 is 0 Å². The average molecular weight is 283 g/mol. The summed E-state index contributed by atoms with van der Waals surface area (Å²) in [4.78, 5) is 0. The molecule has 0 amide bonds. The zero-order valence-corrected chi connectivity index (χ0v) is 14.1. The van der Waals surface area contributed by atoms with Crippen LogP contribution in [0.4, 0.5) is 0 Å². The minimum Gasteiger partial charge on any atom is -0.0776 e. The van der Waals surface area contributed by atoms with Crippen molar-refractivity contribution in [1.82, 2.24) is 0 Å². The molecule has 0 aliphatic rings. The Hall–Kier alpha value is -0.780. The first-order valence-corrected chi connectivity index (χ1v) is 7.22. The lowest BCUT2D eigenvalue weighted by molar-refractivity contribution is 0.398. The van der Waals surface area contributed by atoms with E-state index in [1.54, 1.807) is 0 Å². The lowest BCUT2D eigenvalue weighted by atomic mass is 9.87. The Bertz CT molecular complexity index is 269. The van der Waals surface area contributed by atoms with Crippen LogP contribution in [0.3, 0.4) is 0 Å². The first-order chi connectivity index (χ1) is 8.17. The summed E-state index contributed by atoms with van der Waals surface area (Å²) in [5.41, 5.74) is 2.23. The number of hydrogen-bond donors (Lipinski definition) is 0. The highest BCUT2D eigenvalue weighted by Gasteiger charge is 2.11. The molecule has 0 aliphatic heterocycles. The molecular formula is C20H42. The molecule has 122 valence electrons. The van der Waals surface area contributed by atoms with Gasteiger partial charge in [-0.3, -0.25) is 0 Å². The van der Waals surface area contributed by atoms with Crippen molar-refractivity contribution in [2.45, 2.75) is 89.0 Å². The smallest absolute Gasteiger partial charge is 0.0132 e. The average Bonchev–Trinajstić information content (AvgIpc) is 2.32. The maximum absolute atomic E-state index is 2.24. The van der Waals surface area contributed by atoms with Crippen molar-refractivity contribution < 1.29 is 0 Å². The van der Waals surface area contributed by atoms with Crippen molar-refractivity contribution in [3.63, 3.8) is 0 Å². The quantitative estimate of drug-likeness (QED) is 0.457. The monoisotopic (exact) mass is 282 g/mol. The predicted octanol–water partition coefficient (Wildman–Crippen LogP) is 7.73. The summed E-state index contributed by atoms with van der Waals surface area (Å²) in [6.07, 6.45) is 1.27. The molecule has 0 radical (unpaired) electrons. The van der Waals surface area contributed by atoms with Gasteiger partial charge in [-0.05, 0) is 16.4 Å². The highest BCUT2D eigenvalue weighted by molar-refractivity contribution is 5.21. The lowest BCUT2D eigenvalue weighted by Gasteiger charge is -2.18. The summed E-state index contributed by atoms with van der Waals surface area (Å²) in [5, 5.41) is 0. The van der Waals surface area contributed by atoms with Gasteiger partial charge in [0, 0.05) is 0 Å². The van der Waals surface area contributed by atoms with Crippen LogP contribution in [0.2, 0.25) is 0 Å². The topological polar surface area (TPSA) is 0 Å². The Balaban J connectivity index is -0.000000113. The molecule has 0 N–H and O–H groups in total. The fraction of sp³-hybridized carbons (Fsp3) is 0.700. The van der Waals surface area contributed by atoms with Crippen molar-refractivity contribution in [2.75, 3.05) is 0 Å². The first-order valence-electron chi connectivity index (χ1n) is 7.22. The van der Waals surface area contributed by atoms with Crippen LogP contribution in [-0.2, 0) is 5.41 Å². The van der Waals surface area contributed by atoms with Crippen LogP contribution in [0.25, 0.3) is 0 Å². The number of rotatable bonds is 0. The normalized spacial score (nSPS) is 9.65. The Morgan fingerprint density at radius 3 is 1.20 bits per heavy atom. The van der Waals surface area contributed by atoms with Crippen molar-refractivity contribution >= 4 is 0 Å². The molecule has 0 aromatic heterocycles. The Kier molecular flexibility index (Phi) is 18.2. The SMILES string of the molecule is C.C.CC.CC(C)(C)c1ccccc1.CCC(C)(C)C. The van der Waals surface area contributed by atoms with Crippen LogP contribution in [0, 0.1) is 5.41 Å². The van der Waals surface area contributed by atoms with Gasteiger partial charge in [-0.2, -0.15) is 0 Å². The molecule has 0 heteroatoms. The number of hydrogen-bond acceptors (Lipinski definition) is 0. The van der Waals surface area contributed by atoms with E-state index in [-0.39, 0.29) is 14.9 Å². The fourth-order valence-electron chi connectivity index (χ4n) is 0.938. The molecule has 0 spiro atoms. The van der Waals surface area contributed by atoms with Gasteiger partial charge in [-0.1, -0.05) is 114 Å². The second-order valence-corrected chi connectivity index (χ2v) is 6.53. The molecule has 1 aromatic rings. The first kappa shape index (κ1) is 27.5. The second-order valence-electron chi connectivity index (χ2n) is 6.53. The van der Waals surface area contributed by atoms with Gasteiger partial charge in [0.2, 0.25) is 0 Å². The molecule has 20 heavy (non-hydrogen) atoms. The molecule has 0 nitrogen and oxygen atoms in total. The lowest BCUT2D eigenvalue weighted by Crippen LogP contribution is -2.10. The molecule has 0 bridgehead atoms.